The molecule has 1 saturated carbocycles. The number of imide groups is 1. The molecule has 2 aromatic carbocycles. The van der Waals surface area contributed by atoms with E-state index in [9.17, 15) is 9.59 Å². The normalized spacial score (nSPS) is 25.4. The van der Waals surface area contributed by atoms with E-state index in [1.54, 1.807) is 29.5 Å². The minimum Gasteiger partial charge on any atom is -0.356 e. The highest BCUT2D eigenvalue weighted by Crippen LogP contribution is 2.64. The summed E-state index contributed by atoms with van der Waals surface area (Å²) in [5.41, 5.74) is 4.50. The lowest BCUT2D eigenvalue weighted by Crippen LogP contribution is -2.39. The molecule has 9 rings (SSSR count). The number of halogens is 2. The smallest absolute Gasteiger partial charge is 0.261 e. The molecule has 238 valence electrons. The zero-order valence-electron chi connectivity index (χ0n) is 25.3. The molecule has 4 unspecified atom stereocenters. The van der Waals surface area contributed by atoms with Crippen molar-refractivity contribution in [2.75, 3.05) is 31.1 Å². The number of hydrogen-bond acceptors (Lipinski definition) is 8. The van der Waals surface area contributed by atoms with Crippen molar-refractivity contribution in [1.82, 2.24) is 24.6 Å². The van der Waals surface area contributed by atoms with E-state index in [0.717, 1.165) is 44.6 Å². The second kappa shape index (κ2) is 11.1. The van der Waals surface area contributed by atoms with E-state index in [4.69, 9.17) is 43.0 Å². The first-order valence-corrected chi connectivity index (χ1v) is 17.7. The van der Waals surface area contributed by atoms with Gasteiger partial charge in [0.2, 0.25) is 0 Å². The fraction of sp³-hybridized carbons (Fsp3) is 0.343. The molecular formula is C35H30Cl2N6O3S. The van der Waals surface area contributed by atoms with E-state index in [0.29, 0.717) is 62.7 Å². The topological polar surface area (TPSA) is 93.5 Å². The fourth-order valence-electron chi connectivity index (χ4n) is 8.15. The molecule has 1 aliphatic carbocycles. The molecule has 2 saturated heterocycles. The first-order valence-electron chi connectivity index (χ1n) is 16.0. The third-order valence-corrected chi connectivity index (χ3v) is 12.0. The molecule has 0 bridgehead atoms. The predicted molar refractivity (Wildman–Crippen MR) is 181 cm³/mol. The maximum Gasteiger partial charge on any atom is 0.261 e. The standard InChI is InChI=1S/C35H30Cl2N6O3S/c36-26-9-5-8-23(29(26)37)30-31-32(43(40-30)28-10-3-4-14-46-28)39-27(16-38-31)41-13-11-24-25(17-41)35(24,20-12-15-47-18-20)19-42-33(44)21-6-1-2-7-22(21)34(42)45/h1-2,5-9,12,15-16,18,24-25,28H,3-4,10-11,13-14,17,19H2. The van der Waals surface area contributed by atoms with Gasteiger partial charge in [-0.15, -0.1) is 0 Å². The average molecular weight is 686 g/mol. The zero-order valence-corrected chi connectivity index (χ0v) is 27.6. The molecule has 9 nitrogen and oxygen atoms in total. The molecule has 3 aromatic heterocycles. The largest absolute Gasteiger partial charge is 0.356 e. The highest BCUT2D eigenvalue weighted by Gasteiger charge is 2.68. The summed E-state index contributed by atoms with van der Waals surface area (Å²) >= 11 is 14.7. The molecular weight excluding hydrogens is 655 g/mol. The molecule has 6 heterocycles. The average Bonchev–Trinajstić information content (AvgIpc) is 3.48. The SMILES string of the molecule is O=C1c2ccccc2C(=O)N1CC1(c2ccsc2)C2CCN(c3cnc4c(-c5cccc(Cl)c5Cl)nn(C5CCCCO5)c4n3)CC21. The third-order valence-electron chi connectivity index (χ3n) is 10.5. The molecule has 47 heavy (non-hydrogen) atoms. The second-order valence-electron chi connectivity index (χ2n) is 12.9. The maximum absolute atomic E-state index is 13.4. The molecule has 3 fully saturated rings. The number of fused-ring (bicyclic) bond motifs is 3. The van der Waals surface area contributed by atoms with E-state index >= 15 is 0 Å². The maximum atomic E-state index is 13.4. The summed E-state index contributed by atoms with van der Waals surface area (Å²) < 4.78 is 8.02. The van der Waals surface area contributed by atoms with E-state index in [-0.39, 0.29) is 29.4 Å². The van der Waals surface area contributed by atoms with Crippen molar-refractivity contribution >= 4 is 63.3 Å². The van der Waals surface area contributed by atoms with Gasteiger partial charge in [-0.2, -0.15) is 16.4 Å². The lowest BCUT2D eigenvalue weighted by Gasteiger charge is -2.27. The van der Waals surface area contributed by atoms with Crippen LogP contribution in [0.5, 0.6) is 0 Å². The van der Waals surface area contributed by atoms with E-state index in [1.165, 1.54) is 10.5 Å². The summed E-state index contributed by atoms with van der Waals surface area (Å²) in [5, 5.41) is 10.1. The van der Waals surface area contributed by atoms with E-state index in [2.05, 4.69) is 21.7 Å². The number of carbonyl (C=O) groups excluding carboxylic acids is 2. The van der Waals surface area contributed by atoms with Crippen LogP contribution in [0.15, 0.2) is 65.5 Å². The lowest BCUT2D eigenvalue weighted by atomic mass is 9.92. The molecule has 3 aliphatic heterocycles. The van der Waals surface area contributed by atoms with E-state index in [1.807, 2.05) is 35.1 Å². The number of ether oxygens (including phenoxy) is 1. The minimum absolute atomic E-state index is 0.203. The minimum atomic E-state index is -0.298. The first kappa shape index (κ1) is 29.3. The summed E-state index contributed by atoms with van der Waals surface area (Å²) in [7, 11) is 0. The van der Waals surface area contributed by atoms with Crippen LogP contribution in [0.2, 0.25) is 10.0 Å². The Kier molecular flexibility index (Phi) is 6.94. The molecule has 4 atom stereocenters. The van der Waals surface area contributed by atoms with Crippen LogP contribution in [0.4, 0.5) is 5.82 Å². The molecule has 5 aromatic rings. The number of carbonyl (C=O) groups is 2. The number of nitrogens with zero attached hydrogens (tertiary/aromatic N) is 6. The van der Waals surface area contributed by atoms with Crippen molar-refractivity contribution in [3.8, 4) is 11.3 Å². The quantitative estimate of drug-likeness (QED) is 0.174. The van der Waals surface area contributed by atoms with Crippen LogP contribution in [0, 0.1) is 11.8 Å². The van der Waals surface area contributed by atoms with Gasteiger partial charge in [-0.05, 0) is 78.1 Å². The Morgan fingerprint density at radius 1 is 0.957 bits per heavy atom. The van der Waals surface area contributed by atoms with Gasteiger partial charge < -0.3 is 9.64 Å². The van der Waals surface area contributed by atoms with Crippen molar-refractivity contribution in [3.05, 3.63) is 92.2 Å². The van der Waals surface area contributed by atoms with Crippen molar-refractivity contribution in [2.24, 2.45) is 11.8 Å². The number of amides is 2. The Morgan fingerprint density at radius 2 is 1.77 bits per heavy atom. The number of benzene rings is 2. The van der Waals surface area contributed by atoms with Gasteiger partial charge in [0.15, 0.2) is 11.9 Å². The monoisotopic (exact) mass is 684 g/mol. The summed E-state index contributed by atoms with van der Waals surface area (Å²) in [6, 6.07) is 14.8. The van der Waals surface area contributed by atoms with Gasteiger partial charge in [-0.25, -0.2) is 14.6 Å². The van der Waals surface area contributed by atoms with Crippen LogP contribution in [-0.4, -0.2) is 62.7 Å². The van der Waals surface area contributed by atoms with Gasteiger partial charge in [-0.1, -0.05) is 47.5 Å². The molecule has 4 aliphatic rings. The van der Waals surface area contributed by atoms with Crippen molar-refractivity contribution in [3.63, 3.8) is 0 Å². The van der Waals surface area contributed by atoms with Gasteiger partial charge in [0, 0.05) is 37.2 Å². The van der Waals surface area contributed by atoms with Crippen molar-refractivity contribution in [2.45, 2.75) is 37.3 Å². The lowest BCUT2D eigenvalue weighted by molar-refractivity contribution is -0.0368. The molecule has 0 N–H and O–H groups in total. The summed E-state index contributed by atoms with van der Waals surface area (Å²) in [6.07, 6.45) is 5.37. The number of aromatic nitrogens is 4. The Hall–Kier alpha value is -3.83. The Morgan fingerprint density at radius 3 is 2.51 bits per heavy atom. The fourth-order valence-corrected chi connectivity index (χ4v) is 9.29. The summed E-state index contributed by atoms with van der Waals surface area (Å²) in [5.74, 6) is 0.965. The number of thiophene rings is 1. The first-order chi connectivity index (χ1) is 23.0. The highest BCUT2D eigenvalue weighted by molar-refractivity contribution is 7.08. The molecule has 2 amide bonds. The van der Waals surface area contributed by atoms with Crippen LogP contribution in [0.3, 0.4) is 0 Å². The van der Waals surface area contributed by atoms with Gasteiger partial charge in [-0.3, -0.25) is 14.5 Å². The molecule has 0 spiro atoms. The predicted octanol–water partition coefficient (Wildman–Crippen LogP) is 7.25. The zero-order chi connectivity index (χ0) is 31.9. The summed E-state index contributed by atoms with van der Waals surface area (Å²) in [6.45, 7) is 2.57. The Balaban J connectivity index is 1.06. The van der Waals surface area contributed by atoms with Crippen molar-refractivity contribution in [1.29, 1.82) is 0 Å². The highest BCUT2D eigenvalue weighted by atomic mass is 35.5. The van der Waals surface area contributed by atoms with Crippen LogP contribution in [-0.2, 0) is 10.2 Å². The van der Waals surface area contributed by atoms with Crippen LogP contribution < -0.4 is 4.90 Å². The number of rotatable bonds is 6. The second-order valence-corrected chi connectivity index (χ2v) is 14.4. The Bertz CT molecular complexity index is 2030. The number of hydrogen-bond donors (Lipinski definition) is 0. The van der Waals surface area contributed by atoms with E-state index < -0.39 is 0 Å². The van der Waals surface area contributed by atoms with Gasteiger partial charge in [0.1, 0.15) is 17.0 Å². The summed E-state index contributed by atoms with van der Waals surface area (Å²) in [4.78, 5) is 40.8. The number of anilines is 1. The van der Waals surface area contributed by atoms with Crippen LogP contribution >= 0.6 is 34.5 Å². The van der Waals surface area contributed by atoms with Crippen LogP contribution in [0.25, 0.3) is 22.4 Å². The number of piperidine rings is 1. The van der Waals surface area contributed by atoms with Gasteiger partial charge >= 0.3 is 0 Å². The van der Waals surface area contributed by atoms with Crippen LogP contribution in [0.1, 0.15) is 58.2 Å². The van der Waals surface area contributed by atoms with Gasteiger partial charge in [0.05, 0.1) is 27.4 Å². The molecule has 0 radical (unpaired) electrons. The third kappa shape index (κ3) is 4.49. The van der Waals surface area contributed by atoms with Gasteiger partial charge in [0.25, 0.3) is 11.8 Å². The van der Waals surface area contributed by atoms with Crippen molar-refractivity contribution < 1.29 is 14.3 Å². The molecule has 12 heteroatoms. The Labute approximate surface area is 285 Å².